The fraction of sp³-hybridized carbons (Fsp3) is 0.385. The predicted molar refractivity (Wildman–Crippen MR) is 131 cm³/mol. The van der Waals surface area contributed by atoms with E-state index in [-0.39, 0.29) is 37.4 Å². The molecule has 0 saturated heterocycles. The maximum Gasteiger partial charge on any atom is 0.247 e. The smallest absolute Gasteiger partial charge is 0.247 e. The van der Waals surface area contributed by atoms with Crippen molar-refractivity contribution in [1.29, 1.82) is 0 Å². The number of hydrogen-bond donors (Lipinski definition) is 3. The summed E-state index contributed by atoms with van der Waals surface area (Å²) in [5.41, 5.74) is 1.90. The lowest BCUT2D eigenvalue weighted by molar-refractivity contribution is -0.139. The summed E-state index contributed by atoms with van der Waals surface area (Å²) in [6.45, 7) is 0.0431. The summed E-state index contributed by atoms with van der Waals surface area (Å²) < 4.78 is 6.13. The average Bonchev–Trinajstić information content (AvgIpc) is 3.62. The van der Waals surface area contributed by atoms with Gasteiger partial charge in [0.15, 0.2) is 0 Å². The molecular weight excluding hydrogens is 491 g/mol. The van der Waals surface area contributed by atoms with E-state index in [4.69, 9.17) is 27.9 Å². The van der Waals surface area contributed by atoms with E-state index in [1.165, 1.54) is 0 Å². The van der Waals surface area contributed by atoms with Crippen molar-refractivity contribution >= 4 is 35.0 Å². The van der Waals surface area contributed by atoms with Crippen LogP contribution >= 0.6 is 23.2 Å². The largest absolute Gasteiger partial charge is 0.486 e. The van der Waals surface area contributed by atoms with Gasteiger partial charge in [-0.25, -0.2) is 0 Å². The molecule has 2 aromatic carbocycles. The summed E-state index contributed by atoms with van der Waals surface area (Å²) in [7, 11) is 0. The van der Waals surface area contributed by atoms with Crippen LogP contribution in [0.2, 0.25) is 10.0 Å². The number of amides is 2. The number of carbonyl (C=O) groups is 2. The fourth-order valence-electron chi connectivity index (χ4n) is 4.92. The van der Waals surface area contributed by atoms with Crippen LogP contribution in [-0.2, 0) is 16.1 Å². The van der Waals surface area contributed by atoms with E-state index < -0.39 is 24.2 Å². The Bertz CT molecular complexity index is 1180. The number of rotatable bonds is 7. The first-order valence-corrected chi connectivity index (χ1v) is 12.4. The van der Waals surface area contributed by atoms with Crippen molar-refractivity contribution < 1.29 is 24.5 Å². The lowest BCUT2D eigenvalue weighted by atomic mass is 9.77. The Morgan fingerprint density at radius 2 is 1.91 bits per heavy atom. The molecule has 7 nitrogen and oxygen atoms in total. The summed E-state index contributed by atoms with van der Waals surface area (Å²) in [5, 5.41) is 24.3. The molecule has 3 aliphatic rings. The molecule has 35 heavy (non-hydrogen) atoms. The van der Waals surface area contributed by atoms with Crippen LogP contribution in [0, 0.1) is 5.92 Å². The molecule has 9 heteroatoms. The SMILES string of the molecule is O=C(NCCO)C1=CC(N(Cc2ccc(Cl)cc2Cl)C(=O)C2CC2)C(O)C2Oc3ccccc3C12. The van der Waals surface area contributed by atoms with Crippen LogP contribution in [0.4, 0.5) is 0 Å². The Morgan fingerprint density at radius 3 is 2.63 bits per heavy atom. The molecule has 2 amide bonds. The highest BCUT2D eigenvalue weighted by Gasteiger charge is 2.51. The second-order valence-electron chi connectivity index (χ2n) is 9.16. The highest BCUT2D eigenvalue weighted by molar-refractivity contribution is 6.35. The molecule has 1 aliphatic heterocycles. The van der Waals surface area contributed by atoms with Crippen molar-refractivity contribution in [3.8, 4) is 5.75 Å². The summed E-state index contributed by atoms with van der Waals surface area (Å²) >= 11 is 12.5. The van der Waals surface area contributed by atoms with Crippen LogP contribution in [-0.4, -0.2) is 58.3 Å². The molecule has 0 bridgehead atoms. The zero-order valence-electron chi connectivity index (χ0n) is 18.9. The van der Waals surface area contributed by atoms with Crippen LogP contribution in [0.3, 0.4) is 0 Å². The van der Waals surface area contributed by atoms with E-state index >= 15 is 0 Å². The van der Waals surface area contributed by atoms with E-state index in [1.54, 1.807) is 35.2 Å². The Balaban J connectivity index is 1.55. The van der Waals surface area contributed by atoms with Gasteiger partial charge in [0.25, 0.3) is 0 Å². The predicted octanol–water partition coefficient (Wildman–Crippen LogP) is 3.05. The highest BCUT2D eigenvalue weighted by Crippen LogP contribution is 2.47. The molecule has 4 atom stereocenters. The van der Waals surface area contributed by atoms with Crippen molar-refractivity contribution in [2.24, 2.45) is 5.92 Å². The standard InChI is InChI=1S/C26H26Cl2N2O5/c27-16-8-7-15(19(28)11-16)13-30(26(34)14-5-6-14)20-12-18(25(33)29-9-10-31)22-17-3-1-2-4-21(17)35-24(22)23(20)32/h1-4,7-8,11-12,14,20,22-24,31-32H,5-6,9-10,13H2,(H,29,33). The molecule has 4 unspecified atom stereocenters. The number of nitrogens with zero attached hydrogens (tertiary/aromatic N) is 1. The molecule has 2 aromatic rings. The van der Waals surface area contributed by atoms with Gasteiger partial charge in [0.05, 0.1) is 18.6 Å². The molecule has 3 N–H and O–H groups in total. The van der Waals surface area contributed by atoms with E-state index in [2.05, 4.69) is 5.32 Å². The van der Waals surface area contributed by atoms with Crippen molar-refractivity contribution in [2.45, 2.75) is 43.6 Å². The van der Waals surface area contributed by atoms with Gasteiger partial charge in [0.1, 0.15) is 18.0 Å². The number of benzene rings is 2. The molecule has 0 radical (unpaired) electrons. The van der Waals surface area contributed by atoms with Crippen LogP contribution in [0.25, 0.3) is 0 Å². The number of aliphatic hydroxyl groups is 2. The van der Waals surface area contributed by atoms with E-state index in [0.717, 1.165) is 18.4 Å². The van der Waals surface area contributed by atoms with Gasteiger partial charge in [0, 0.05) is 40.2 Å². The fourth-order valence-corrected chi connectivity index (χ4v) is 5.39. The second-order valence-corrected chi connectivity index (χ2v) is 10.0. The molecule has 1 saturated carbocycles. The van der Waals surface area contributed by atoms with Crippen LogP contribution in [0.5, 0.6) is 5.75 Å². The third kappa shape index (κ3) is 4.66. The summed E-state index contributed by atoms with van der Waals surface area (Å²) in [5.74, 6) is -0.472. The Hall–Kier alpha value is -2.58. The van der Waals surface area contributed by atoms with Gasteiger partial charge in [-0.1, -0.05) is 47.5 Å². The lowest BCUT2D eigenvalue weighted by Crippen LogP contribution is -2.55. The number of nitrogens with one attached hydrogen (secondary N) is 1. The van der Waals surface area contributed by atoms with Gasteiger partial charge >= 0.3 is 0 Å². The quantitative estimate of drug-likeness (QED) is 0.525. The Kier molecular flexibility index (Phi) is 6.77. The van der Waals surface area contributed by atoms with E-state index in [1.807, 2.05) is 18.2 Å². The topological polar surface area (TPSA) is 99.1 Å². The number of carbonyl (C=O) groups excluding carboxylic acids is 2. The van der Waals surface area contributed by atoms with Crippen molar-refractivity contribution in [2.75, 3.05) is 13.2 Å². The maximum atomic E-state index is 13.4. The van der Waals surface area contributed by atoms with Crippen LogP contribution in [0.15, 0.2) is 54.1 Å². The number of para-hydroxylation sites is 1. The summed E-state index contributed by atoms with van der Waals surface area (Å²) in [6.07, 6.45) is 1.43. The monoisotopic (exact) mass is 516 g/mol. The summed E-state index contributed by atoms with van der Waals surface area (Å²) in [4.78, 5) is 28.2. The molecule has 1 heterocycles. The van der Waals surface area contributed by atoms with Crippen LogP contribution < -0.4 is 10.1 Å². The van der Waals surface area contributed by atoms with E-state index in [0.29, 0.717) is 26.9 Å². The van der Waals surface area contributed by atoms with Gasteiger partial charge in [-0.2, -0.15) is 0 Å². The van der Waals surface area contributed by atoms with Crippen molar-refractivity contribution in [3.05, 3.63) is 75.3 Å². The molecular formula is C26H26Cl2N2O5. The van der Waals surface area contributed by atoms with Gasteiger partial charge in [-0.05, 0) is 42.7 Å². The number of aliphatic hydroxyl groups excluding tert-OH is 2. The summed E-state index contributed by atoms with van der Waals surface area (Å²) in [6, 6.07) is 11.7. The molecule has 0 aromatic heterocycles. The van der Waals surface area contributed by atoms with Gasteiger partial charge in [-0.15, -0.1) is 0 Å². The maximum absolute atomic E-state index is 13.4. The average molecular weight is 517 g/mol. The molecule has 184 valence electrons. The minimum atomic E-state index is -1.07. The number of fused-ring (bicyclic) bond motifs is 3. The molecule has 2 aliphatic carbocycles. The van der Waals surface area contributed by atoms with Gasteiger partial charge in [0.2, 0.25) is 11.8 Å². The van der Waals surface area contributed by atoms with Gasteiger partial charge in [-0.3, -0.25) is 9.59 Å². The zero-order valence-corrected chi connectivity index (χ0v) is 20.4. The Labute approximate surface area is 213 Å². The lowest BCUT2D eigenvalue weighted by Gasteiger charge is -2.41. The molecule has 1 fully saturated rings. The molecule has 5 rings (SSSR count). The number of ether oxygens (including phenoxy) is 1. The Morgan fingerprint density at radius 1 is 1.14 bits per heavy atom. The minimum absolute atomic E-state index is 0.0917. The highest BCUT2D eigenvalue weighted by atomic mass is 35.5. The first-order valence-electron chi connectivity index (χ1n) is 11.7. The molecule has 0 spiro atoms. The third-order valence-electron chi connectivity index (χ3n) is 6.80. The van der Waals surface area contributed by atoms with Crippen LogP contribution in [0.1, 0.15) is 29.9 Å². The number of halogens is 2. The van der Waals surface area contributed by atoms with E-state index in [9.17, 15) is 19.8 Å². The normalized spacial score (nSPS) is 24.6. The number of hydrogen-bond acceptors (Lipinski definition) is 5. The first-order chi connectivity index (χ1) is 16.9. The first kappa shape index (κ1) is 24.1. The third-order valence-corrected chi connectivity index (χ3v) is 7.39. The van der Waals surface area contributed by atoms with Crippen molar-refractivity contribution in [3.63, 3.8) is 0 Å². The minimum Gasteiger partial charge on any atom is -0.486 e. The van der Waals surface area contributed by atoms with Crippen molar-refractivity contribution in [1.82, 2.24) is 10.2 Å². The zero-order chi connectivity index (χ0) is 24.7. The van der Waals surface area contributed by atoms with Gasteiger partial charge < -0.3 is 25.2 Å². The second kappa shape index (κ2) is 9.82.